The van der Waals surface area contributed by atoms with E-state index in [0.29, 0.717) is 19.0 Å². The van der Waals surface area contributed by atoms with Crippen LogP contribution in [0, 0.1) is 19.8 Å². The number of nitrogens with zero attached hydrogens (tertiary/aromatic N) is 3. The van der Waals surface area contributed by atoms with E-state index in [9.17, 15) is 4.79 Å². The van der Waals surface area contributed by atoms with Crippen molar-refractivity contribution in [2.24, 2.45) is 5.92 Å². The van der Waals surface area contributed by atoms with Gasteiger partial charge < -0.3 is 14.4 Å². The lowest BCUT2D eigenvalue weighted by Crippen LogP contribution is -2.42. The molecule has 2 heterocycles. The van der Waals surface area contributed by atoms with Gasteiger partial charge in [0, 0.05) is 19.1 Å². The Morgan fingerprint density at radius 2 is 1.91 bits per heavy atom. The van der Waals surface area contributed by atoms with Crippen LogP contribution in [-0.4, -0.2) is 39.8 Å². The van der Waals surface area contributed by atoms with Crippen molar-refractivity contribution in [1.82, 2.24) is 14.7 Å². The number of rotatable bonds is 8. The highest BCUT2D eigenvalue weighted by Crippen LogP contribution is 2.34. The summed E-state index contributed by atoms with van der Waals surface area (Å²) in [6, 6.07) is 18.0. The van der Waals surface area contributed by atoms with Gasteiger partial charge in [-0.3, -0.25) is 4.79 Å². The maximum Gasteiger partial charge on any atom is 0.227 e. The minimum absolute atomic E-state index is 0.106. The van der Waals surface area contributed by atoms with E-state index in [-0.39, 0.29) is 17.9 Å². The lowest BCUT2D eigenvalue weighted by atomic mass is 9.84. The van der Waals surface area contributed by atoms with E-state index in [2.05, 4.69) is 0 Å². The average molecular weight is 460 g/mol. The lowest BCUT2D eigenvalue weighted by molar-refractivity contribution is -0.140. The molecule has 6 nitrogen and oxygen atoms in total. The third kappa shape index (κ3) is 4.87. The molecule has 178 valence electrons. The number of para-hydroxylation sites is 1. The molecule has 2 fully saturated rings. The summed E-state index contributed by atoms with van der Waals surface area (Å²) in [7, 11) is 0. The number of hydrogen-bond donors (Lipinski definition) is 0. The molecule has 0 spiro atoms. The summed E-state index contributed by atoms with van der Waals surface area (Å²) in [4.78, 5) is 15.4. The molecule has 2 aliphatic rings. The minimum atomic E-state index is 0.106. The van der Waals surface area contributed by atoms with Crippen LogP contribution in [0.25, 0.3) is 5.69 Å². The molecule has 5 rings (SSSR count). The highest BCUT2D eigenvalue weighted by Gasteiger charge is 2.33. The zero-order valence-electron chi connectivity index (χ0n) is 20.1. The van der Waals surface area contributed by atoms with Gasteiger partial charge in [-0.05, 0) is 69.4 Å². The van der Waals surface area contributed by atoms with E-state index < -0.39 is 0 Å². The maximum absolute atomic E-state index is 13.4. The summed E-state index contributed by atoms with van der Waals surface area (Å²) in [6.45, 7) is 5.91. The molecule has 1 aliphatic heterocycles. The van der Waals surface area contributed by atoms with Gasteiger partial charge in [0.15, 0.2) is 0 Å². The molecule has 0 N–H and O–H groups in total. The molecule has 6 heteroatoms. The largest absolute Gasteiger partial charge is 0.439 e. The Morgan fingerprint density at radius 3 is 2.59 bits per heavy atom. The van der Waals surface area contributed by atoms with E-state index >= 15 is 0 Å². The number of carbonyl (C=O) groups excluding carboxylic acids is 1. The van der Waals surface area contributed by atoms with Gasteiger partial charge in [-0.1, -0.05) is 36.8 Å². The molecule has 1 atom stereocenters. The predicted octanol–water partition coefficient (Wildman–Crippen LogP) is 5.59. The maximum atomic E-state index is 13.4. The third-order valence-electron chi connectivity index (χ3n) is 6.91. The number of benzene rings is 2. The van der Waals surface area contributed by atoms with Crippen LogP contribution in [0.15, 0.2) is 54.6 Å². The Bertz CT molecular complexity index is 1130. The molecule has 2 aromatic carbocycles. The smallest absolute Gasteiger partial charge is 0.227 e. The number of hydrogen-bond acceptors (Lipinski definition) is 4. The van der Waals surface area contributed by atoms with E-state index in [1.165, 1.54) is 0 Å². The van der Waals surface area contributed by atoms with Crippen molar-refractivity contribution in [1.29, 1.82) is 0 Å². The summed E-state index contributed by atoms with van der Waals surface area (Å²) in [6.07, 6.45) is 5.27. The molecular weight excluding hydrogens is 426 g/mol. The summed E-state index contributed by atoms with van der Waals surface area (Å²) in [5.74, 6) is 1.78. The van der Waals surface area contributed by atoms with Gasteiger partial charge in [0.1, 0.15) is 5.75 Å². The Morgan fingerprint density at radius 1 is 1.09 bits per heavy atom. The first kappa shape index (κ1) is 22.7. The van der Waals surface area contributed by atoms with Gasteiger partial charge in [-0.15, -0.1) is 0 Å². The Labute approximate surface area is 201 Å². The molecular formula is C28H33N3O3. The summed E-state index contributed by atoms with van der Waals surface area (Å²) in [5.41, 5.74) is 3.86. The van der Waals surface area contributed by atoms with E-state index in [0.717, 1.165) is 67.0 Å². The number of amides is 1. The third-order valence-corrected chi connectivity index (χ3v) is 6.91. The van der Waals surface area contributed by atoms with Crippen molar-refractivity contribution < 1.29 is 14.3 Å². The van der Waals surface area contributed by atoms with Gasteiger partial charge in [0.2, 0.25) is 11.8 Å². The van der Waals surface area contributed by atoms with E-state index in [1.54, 1.807) is 0 Å². The van der Waals surface area contributed by atoms with Crippen LogP contribution in [-0.2, 0) is 16.1 Å². The van der Waals surface area contributed by atoms with Crippen LogP contribution in [0.1, 0.15) is 48.9 Å². The summed E-state index contributed by atoms with van der Waals surface area (Å²) in [5, 5.41) is 4.85. The van der Waals surface area contributed by atoms with Crippen molar-refractivity contribution in [3.8, 4) is 17.3 Å². The number of carbonyl (C=O) groups is 1. The fraction of sp³-hybridized carbons (Fsp3) is 0.429. The highest BCUT2D eigenvalue weighted by atomic mass is 16.5. The van der Waals surface area contributed by atoms with Crippen molar-refractivity contribution in [3.63, 3.8) is 0 Å². The molecule has 1 saturated carbocycles. The van der Waals surface area contributed by atoms with Crippen LogP contribution in [0.2, 0.25) is 0 Å². The van der Waals surface area contributed by atoms with E-state index in [1.807, 2.05) is 78.0 Å². The second kappa shape index (κ2) is 10.0. The van der Waals surface area contributed by atoms with Crippen LogP contribution >= 0.6 is 0 Å². The van der Waals surface area contributed by atoms with Gasteiger partial charge in [0.25, 0.3) is 0 Å². The first-order valence-electron chi connectivity index (χ1n) is 12.4. The molecule has 34 heavy (non-hydrogen) atoms. The van der Waals surface area contributed by atoms with Gasteiger partial charge in [0.05, 0.1) is 29.6 Å². The van der Waals surface area contributed by atoms with E-state index in [4.69, 9.17) is 14.6 Å². The van der Waals surface area contributed by atoms with Crippen molar-refractivity contribution >= 4 is 5.91 Å². The second-order valence-electron chi connectivity index (χ2n) is 9.52. The SMILES string of the molecule is Cc1cccc(Oc2c(CN(C[C@@H]3CCCO3)C(=O)C3CCC3)c(C)nn2-c2ccccc2)c1. The zero-order valence-corrected chi connectivity index (χ0v) is 20.1. The Kier molecular flexibility index (Phi) is 6.68. The molecule has 0 unspecified atom stereocenters. The standard InChI is InChI=1S/C28H33N3O3/c1-20-9-6-14-24(17-20)34-28-26(21(2)29-31(28)23-12-4-3-5-13-23)19-30(18-25-15-8-16-33-25)27(32)22-10-7-11-22/h3-6,9,12-14,17,22,25H,7-8,10-11,15-16,18-19H2,1-2H3/t25-/m0/s1. The first-order chi connectivity index (χ1) is 16.6. The van der Waals surface area contributed by atoms with Gasteiger partial charge in [-0.25, -0.2) is 4.68 Å². The van der Waals surface area contributed by atoms with Gasteiger partial charge >= 0.3 is 0 Å². The van der Waals surface area contributed by atoms with Crippen LogP contribution in [0.3, 0.4) is 0 Å². The fourth-order valence-corrected chi connectivity index (χ4v) is 4.73. The van der Waals surface area contributed by atoms with Gasteiger partial charge in [-0.2, -0.15) is 5.10 Å². The molecule has 1 aliphatic carbocycles. The fourth-order valence-electron chi connectivity index (χ4n) is 4.73. The Balaban J connectivity index is 1.51. The first-order valence-corrected chi connectivity index (χ1v) is 12.4. The molecule has 3 aromatic rings. The topological polar surface area (TPSA) is 56.6 Å². The molecule has 0 radical (unpaired) electrons. The molecule has 1 saturated heterocycles. The zero-order chi connectivity index (χ0) is 23.5. The van der Waals surface area contributed by atoms with Crippen molar-refractivity contribution in [2.45, 2.75) is 58.6 Å². The van der Waals surface area contributed by atoms with Crippen molar-refractivity contribution in [2.75, 3.05) is 13.2 Å². The quantitative estimate of drug-likeness (QED) is 0.441. The normalized spacial score (nSPS) is 18.0. The monoisotopic (exact) mass is 459 g/mol. The minimum Gasteiger partial charge on any atom is -0.439 e. The highest BCUT2D eigenvalue weighted by molar-refractivity contribution is 5.79. The number of ether oxygens (including phenoxy) is 2. The van der Waals surface area contributed by atoms with Crippen LogP contribution in [0.4, 0.5) is 0 Å². The second-order valence-corrected chi connectivity index (χ2v) is 9.52. The molecule has 0 bridgehead atoms. The average Bonchev–Trinajstić information content (AvgIpc) is 3.41. The lowest BCUT2D eigenvalue weighted by Gasteiger charge is -2.33. The molecule has 1 amide bonds. The van der Waals surface area contributed by atoms with Crippen LogP contribution < -0.4 is 4.74 Å². The van der Waals surface area contributed by atoms with Crippen molar-refractivity contribution in [3.05, 3.63) is 71.4 Å². The molecule has 1 aromatic heterocycles. The number of aromatic nitrogens is 2. The predicted molar refractivity (Wildman–Crippen MR) is 131 cm³/mol. The number of aryl methyl sites for hydroxylation is 2. The summed E-state index contributed by atoms with van der Waals surface area (Å²) >= 11 is 0. The Hall–Kier alpha value is -3.12. The van der Waals surface area contributed by atoms with Crippen LogP contribution in [0.5, 0.6) is 11.6 Å². The summed E-state index contributed by atoms with van der Waals surface area (Å²) < 4.78 is 14.2.